The van der Waals surface area contributed by atoms with Crippen LogP contribution < -0.4 is 4.74 Å². The maximum Gasteiger partial charge on any atom is 0.254 e. The second kappa shape index (κ2) is 8.93. The fraction of sp³-hybridized carbons (Fsp3) is 0.333. The van der Waals surface area contributed by atoms with E-state index >= 15 is 0 Å². The SMILES string of the molecule is O=C(c1ccc2c(c1)CCO2)N(Cc1ccccn1)C1CCC(c2ccccc2)CC1. The summed E-state index contributed by atoms with van der Waals surface area (Å²) in [5, 5.41) is 0. The van der Waals surface area contributed by atoms with E-state index in [4.69, 9.17) is 4.74 Å². The van der Waals surface area contributed by atoms with Crippen LogP contribution in [0.1, 0.15) is 58.8 Å². The molecule has 1 fully saturated rings. The normalized spacial score (nSPS) is 20.0. The molecule has 0 radical (unpaired) electrons. The van der Waals surface area contributed by atoms with Crippen molar-refractivity contribution in [3.8, 4) is 5.75 Å². The number of hydrogen-bond acceptors (Lipinski definition) is 3. The van der Waals surface area contributed by atoms with E-state index in [1.807, 2.05) is 36.4 Å². The van der Waals surface area contributed by atoms with E-state index in [-0.39, 0.29) is 11.9 Å². The average Bonchev–Trinajstić information content (AvgIpc) is 3.31. The molecule has 158 valence electrons. The fourth-order valence-electron chi connectivity index (χ4n) is 4.96. The Kier molecular flexibility index (Phi) is 5.70. The minimum absolute atomic E-state index is 0.100. The molecule has 3 aromatic rings. The molecule has 2 aliphatic rings. The Hall–Kier alpha value is -3.14. The van der Waals surface area contributed by atoms with Gasteiger partial charge in [0, 0.05) is 24.2 Å². The Morgan fingerprint density at radius 1 is 0.968 bits per heavy atom. The van der Waals surface area contributed by atoms with Crippen LogP contribution in [-0.4, -0.2) is 28.4 Å². The number of carbonyl (C=O) groups excluding carboxylic acids is 1. The van der Waals surface area contributed by atoms with Crippen LogP contribution in [0.15, 0.2) is 72.9 Å². The molecule has 0 bridgehead atoms. The number of carbonyl (C=O) groups is 1. The highest BCUT2D eigenvalue weighted by molar-refractivity contribution is 5.95. The summed E-state index contributed by atoms with van der Waals surface area (Å²) >= 11 is 0. The van der Waals surface area contributed by atoms with Crippen molar-refractivity contribution < 1.29 is 9.53 Å². The molecule has 1 saturated carbocycles. The minimum atomic E-state index is 0.100. The van der Waals surface area contributed by atoms with Crippen LogP contribution in [0.5, 0.6) is 5.75 Å². The van der Waals surface area contributed by atoms with E-state index in [2.05, 4.69) is 40.2 Å². The number of pyridine rings is 1. The Balaban J connectivity index is 1.36. The van der Waals surface area contributed by atoms with Gasteiger partial charge >= 0.3 is 0 Å². The maximum absolute atomic E-state index is 13.7. The Morgan fingerprint density at radius 3 is 2.55 bits per heavy atom. The van der Waals surface area contributed by atoms with Crippen molar-refractivity contribution in [2.75, 3.05) is 6.61 Å². The minimum Gasteiger partial charge on any atom is -0.493 e. The lowest BCUT2D eigenvalue weighted by Crippen LogP contribution is -2.42. The lowest BCUT2D eigenvalue weighted by Gasteiger charge is -2.37. The predicted octanol–water partition coefficient (Wildman–Crippen LogP) is 5.39. The molecule has 5 rings (SSSR count). The maximum atomic E-state index is 13.7. The van der Waals surface area contributed by atoms with E-state index in [0.29, 0.717) is 19.1 Å². The van der Waals surface area contributed by atoms with Gasteiger partial charge in [0.2, 0.25) is 0 Å². The standard InChI is InChI=1S/C27H28N2O2/c30-27(23-11-14-26-22(18-23)15-17-31-26)29(19-24-8-4-5-16-28-24)25-12-9-21(10-13-25)20-6-2-1-3-7-20/h1-8,11,14,16,18,21,25H,9-10,12-13,15,17,19H2. The molecule has 2 heterocycles. The van der Waals surface area contributed by atoms with E-state index in [1.54, 1.807) is 6.20 Å². The quantitative estimate of drug-likeness (QED) is 0.565. The van der Waals surface area contributed by atoms with Gasteiger partial charge < -0.3 is 9.64 Å². The first-order chi connectivity index (χ1) is 15.3. The van der Waals surface area contributed by atoms with Gasteiger partial charge in [-0.05, 0) is 73.1 Å². The molecule has 4 heteroatoms. The average molecular weight is 413 g/mol. The molecule has 0 spiro atoms. The van der Waals surface area contributed by atoms with Crippen LogP contribution in [0, 0.1) is 0 Å². The van der Waals surface area contributed by atoms with Crippen LogP contribution in [0.2, 0.25) is 0 Å². The third-order valence-corrected chi connectivity index (χ3v) is 6.66. The van der Waals surface area contributed by atoms with E-state index in [9.17, 15) is 4.79 Å². The van der Waals surface area contributed by atoms with Crippen molar-refractivity contribution in [3.63, 3.8) is 0 Å². The highest BCUT2D eigenvalue weighted by Gasteiger charge is 2.31. The van der Waals surface area contributed by atoms with Crippen molar-refractivity contribution in [2.45, 2.75) is 50.6 Å². The molecule has 0 unspecified atom stereocenters. The van der Waals surface area contributed by atoms with Crippen LogP contribution in [-0.2, 0) is 13.0 Å². The van der Waals surface area contributed by atoms with Crippen molar-refractivity contribution in [1.82, 2.24) is 9.88 Å². The first-order valence-electron chi connectivity index (χ1n) is 11.3. The predicted molar refractivity (Wildman–Crippen MR) is 121 cm³/mol. The number of rotatable bonds is 5. The Labute approximate surface area is 183 Å². The van der Waals surface area contributed by atoms with Gasteiger partial charge in [0.1, 0.15) is 5.75 Å². The third-order valence-electron chi connectivity index (χ3n) is 6.66. The number of aromatic nitrogens is 1. The number of hydrogen-bond donors (Lipinski definition) is 0. The number of fused-ring (bicyclic) bond motifs is 1. The number of ether oxygens (including phenoxy) is 1. The number of benzene rings is 2. The zero-order valence-electron chi connectivity index (χ0n) is 17.7. The number of nitrogens with zero attached hydrogens (tertiary/aromatic N) is 2. The third kappa shape index (κ3) is 4.34. The summed E-state index contributed by atoms with van der Waals surface area (Å²) in [5.41, 5.74) is 4.24. The van der Waals surface area contributed by atoms with Gasteiger partial charge in [-0.25, -0.2) is 0 Å². The van der Waals surface area contributed by atoms with Gasteiger partial charge in [0.15, 0.2) is 0 Å². The Bertz CT molecular complexity index is 1030. The molecular formula is C27H28N2O2. The molecule has 0 atom stereocenters. The summed E-state index contributed by atoms with van der Waals surface area (Å²) in [6.45, 7) is 1.25. The lowest BCUT2D eigenvalue weighted by atomic mass is 9.81. The van der Waals surface area contributed by atoms with Crippen LogP contribution in [0.25, 0.3) is 0 Å². The van der Waals surface area contributed by atoms with Crippen LogP contribution in [0.4, 0.5) is 0 Å². The van der Waals surface area contributed by atoms with E-state index < -0.39 is 0 Å². The second-order valence-corrected chi connectivity index (χ2v) is 8.59. The van der Waals surface area contributed by atoms with E-state index in [0.717, 1.165) is 54.7 Å². The van der Waals surface area contributed by atoms with Gasteiger partial charge in [-0.3, -0.25) is 9.78 Å². The van der Waals surface area contributed by atoms with Gasteiger partial charge in [-0.2, -0.15) is 0 Å². The molecule has 2 aromatic carbocycles. The molecule has 1 aliphatic carbocycles. The molecular weight excluding hydrogens is 384 g/mol. The monoisotopic (exact) mass is 412 g/mol. The first-order valence-corrected chi connectivity index (χ1v) is 11.3. The van der Waals surface area contributed by atoms with E-state index in [1.165, 1.54) is 5.56 Å². The summed E-state index contributed by atoms with van der Waals surface area (Å²) in [6.07, 6.45) is 6.94. The van der Waals surface area contributed by atoms with Crippen molar-refractivity contribution in [2.24, 2.45) is 0 Å². The Morgan fingerprint density at radius 2 is 1.77 bits per heavy atom. The lowest BCUT2D eigenvalue weighted by molar-refractivity contribution is 0.0602. The molecule has 1 aliphatic heterocycles. The summed E-state index contributed by atoms with van der Waals surface area (Å²) < 4.78 is 5.62. The zero-order chi connectivity index (χ0) is 21.0. The molecule has 31 heavy (non-hydrogen) atoms. The summed E-state index contributed by atoms with van der Waals surface area (Å²) in [6, 6.07) is 22.8. The van der Waals surface area contributed by atoms with Gasteiger partial charge in [-0.15, -0.1) is 0 Å². The summed E-state index contributed by atoms with van der Waals surface area (Å²) in [7, 11) is 0. The highest BCUT2D eigenvalue weighted by atomic mass is 16.5. The van der Waals surface area contributed by atoms with Crippen molar-refractivity contribution >= 4 is 5.91 Å². The van der Waals surface area contributed by atoms with Gasteiger partial charge in [-0.1, -0.05) is 36.4 Å². The molecule has 1 aromatic heterocycles. The molecule has 4 nitrogen and oxygen atoms in total. The van der Waals surface area contributed by atoms with Crippen LogP contribution in [0.3, 0.4) is 0 Å². The van der Waals surface area contributed by atoms with Crippen molar-refractivity contribution in [1.29, 1.82) is 0 Å². The summed E-state index contributed by atoms with van der Waals surface area (Å²) in [4.78, 5) is 20.2. The highest BCUT2D eigenvalue weighted by Crippen LogP contribution is 2.36. The second-order valence-electron chi connectivity index (χ2n) is 8.59. The first kappa shape index (κ1) is 19.8. The van der Waals surface area contributed by atoms with Crippen LogP contribution >= 0.6 is 0 Å². The largest absolute Gasteiger partial charge is 0.493 e. The zero-order valence-corrected chi connectivity index (χ0v) is 17.7. The fourth-order valence-corrected chi connectivity index (χ4v) is 4.96. The van der Waals surface area contributed by atoms with Gasteiger partial charge in [0.25, 0.3) is 5.91 Å². The van der Waals surface area contributed by atoms with Crippen molar-refractivity contribution in [3.05, 3.63) is 95.3 Å². The van der Waals surface area contributed by atoms with Gasteiger partial charge in [0.05, 0.1) is 18.8 Å². The number of amides is 1. The molecule has 0 saturated heterocycles. The topological polar surface area (TPSA) is 42.4 Å². The molecule has 1 amide bonds. The summed E-state index contributed by atoms with van der Waals surface area (Å²) in [5.74, 6) is 1.60. The smallest absolute Gasteiger partial charge is 0.254 e. The molecule has 0 N–H and O–H groups in total.